The zero-order valence-electron chi connectivity index (χ0n) is 8.27. The minimum atomic E-state index is -0.325. The molecule has 14 heavy (non-hydrogen) atoms. The molecule has 0 aliphatic carbocycles. The van der Waals surface area contributed by atoms with Crippen molar-refractivity contribution in [3.8, 4) is 0 Å². The first-order chi connectivity index (χ1) is 6.44. The van der Waals surface area contributed by atoms with Gasteiger partial charge in [0.2, 0.25) is 0 Å². The van der Waals surface area contributed by atoms with Crippen molar-refractivity contribution < 1.29 is 4.39 Å². The van der Waals surface area contributed by atoms with Gasteiger partial charge in [0.25, 0.3) is 0 Å². The van der Waals surface area contributed by atoms with E-state index in [4.69, 9.17) is 17.4 Å². The first kappa shape index (κ1) is 11.4. The van der Waals surface area contributed by atoms with Gasteiger partial charge in [-0.25, -0.2) is 4.39 Å². The Labute approximate surface area is 88.2 Å². The molecule has 1 aromatic carbocycles. The second kappa shape index (κ2) is 4.26. The van der Waals surface area contributed by atoms with Crippen molar-refractivity contribution in [3.63, 3.8) is 0 Å². The highest BCUT2D eigenvalue weighted by molar-refractivity contribution is 6.30. The molecule has 0 radical (unpaired) electrons. The maximum Gasteiger partial charge on any atom is 0.127 e. The Kier molecular flexibility index (Phi) is 3.48. The number of benzene rings is 1. The number of hydrogen-bond acceptors (Lipinski definition) is 2. The summed E-state index contributed by atoms with van der Waals surface area (Å²) in [5.74, 6) is 5.04. The molecule has 0 saturated heterocycles. The van der Waals surface area contributed by atoms with E-state index in [0.717, 1.165) is 0 Å². The van der Waals surface area contributed by atoms with Crippen molar-refractivity contribution in [2.24, 2.45) is 5.84 Å². The summed E-state index contributed by atoms with van der Waals surface area (Å²) < 4.78 is 13.4. The van der Waals surface area contributed by atoms with Crippen molar-refractivity contribution in [2.75, 3.05) is 0 Å². The monoisotopic (exact) mass is 216 g/mol. The van der Waals surface area contributed by atoms with E-state index in [2.05, 4.69) is 5.43 Å². The number of nitrogens with one attached hydrogen (secondary N) is 1. The third-order valence-electron chi connectivity index (χ3n) is 2.04. The molecule has 1 aromatic rings. The lowest BCUT2D eigenvalue weighted by atomic mass is 9.95. The summed E-state index contributed by atoms with van der Waals surface area (Å²) in [5, 5.41) is 0.407. The van der Waals surface area contributed by atoms with Gasteiger partial charge >= 0.3 is 0 Å². The molecular weight excluding hydrogens is 203 g/mol. The zero-order valence-corrected chi connectivity index (χ0v) is 9.03. The van der Waals surface area contributed by atoms with E-state index in [1.54, 1.807) is 12.1 Å². The second-order valence-electron chi connectivity index (χ2n) is 3.94. The van der Waals surface area contributed by atoms with Crippen molar-refractivity contribution in [3.05, 3.63) is 34.6 Å². The molecule has 1 rings (SSSR count). The van der Waals surface area contributed by atoms with Crippen molar-refractivity contribution in [2.45, 2.75) is 25.8 Å². The molecule has 0 fully saturated rings. The lowest BCUT2D eigenvalue weighted by Crippen LogP contribution is -2.46. The molecule has 0 aromatic heterocycles. The van der Waals surface area contributed by atoms with Crippen molar-refractivity contribution in [1.82, 2.24) is 5.43 Å². The van der Waals surface area contributed by atoms with Gasteiger partial charge in [-0.2, -0.15) is 0 Å². The highest BCUT2D eigenvalue weighted by Gasteiger charge is 2.18. The Morgan fingerprint density at radius 1 is 1.50 bits per heavy atom. The molecule has 2 nitrogen and oxygen atoms in total. The van der Waals surface area contributed by atoms with Crippen LogP contribution in [0.2, 0.25) is 5.02 Å². The van der Waals surface area contributed by atoms with Crippen LogP contribution < -0.4 is 11.3 Å². The summed E-state index contributed by atoms with van der Waals surface area (Å²) in [4.78, 5) is 0. The predicted octanol–water partition coefficient (Wildman–Crippen LogP) is 2.26. The number of halogens is 2. The number of nitrogens with two attached hydrogens (primary N) is 1. The van der Waals surface area contributed by atoms with Gasteiger partial charge in [0.15, 0.2) is 0 Å². The Morgan fingerprint density at radius 2 is 2.14 bits per heavy atom. The Balaban J connectivity index is 2.87. The topological polar surface area (TPSA) is 38.0 Å². The summed E-state index contributed by atoms with van der Waals surface area (Å²) in [5.41, 5.74) is 2.92. The van der Waals surface area contributed by atoms with E-state index >= 15 is 0 Å². The van der Waals surface area contributed by atoms with E-state index in [1.807, 2.05) is 13.8 Å². The van der Waals surface area contributed by atoms with Gasteiger partial charge in [0.1, 0.15) is 5.82 Å². The third kappa shape index (κ3) is 2.94. The lowest BCUT2D eigenvalue weighted by molar-refractivity contribution is 0.389. The van der Waals surface area contributed by atoms with E-state index in [0.29, 0.717) is 17.0 Å². The van der Waals surface area contributed by atoms with Gasteiger partial charge in [-0.05, 0) is 38.0 Å². The van der Waals surface area contributed by atoms with Crippen LogP contribution in [0.5, 0.6) is 0 Å². The van der Waals surface area contributed by atoms with Gasteiger partial charge < -0.3 is 0 Å². The van der Waals surface area contributed by atoms with Crippen LogP contribution in [0, 0.1) is 5.82 Å². The largest absolute Gasteiger partial charge is 0.271 e. The average Bonchev–Trinajstić information content (AvgIpc) is 2.10. The summed E-state index contributed by atoms with van der Waals surface area (Å²) >= 11 is 5.64. The fourth-order valence-corrected chi connectivity index (χ4v) is 1.35. The highest BCUT2D eigenvalue weighted by Crippen LogP contribution is 2.18. The quantitative estimate of drug-likeness (QED) is 0.601. The highest BCUT2D eigenvalue weighted by atomic mass is 35.5. The maximum atomic E-state index is 13.4. The summed E-state index contributed by atoms with van der Waals surface area (Å²) in [6.07, 6.45) is 0.520. The average molecular weight is 217 g/mol. The summed E-state index contributed by atoms with van der Waals surface area (Å²) in [6, 6.07) is 4.66. The van der Waals surface area contributed by atoms with Crippen molar-refractivity contribution >= 4 is 11.6 Å². The molecular formula is C10H14ClFN2. The lowest BCUT2D eigenvalue weighted by Gasteiger charge is -2.23. The molecule has 0 saturated carbocycles. The molecule has 3 N–H and O–H groups in total. The molecule has 78 valence electrons. The minimum Gasteiger partial charge on any atom is -0.271 e. The van der Waals surface area contributed by atoms with Gasteiger partial charge in [-0.3, -0.25) is 11.3 Å². The van der Waals surface area contributed by atoms with Crippen LogP contribution in [-0.4, -0.2) is 5.54 Å². The fourth-order valence-electron chi connectivity index (χ4n) is 1.19. The molecule has 0 amide bonds. The van der Waals surface area contributed by atoms with Gasteiger partial charge in [-0.15, -0.1) is 0 Å². The smallest absolute Gasteiger partial charge is 0.127 e. The van der Waals surface area contributed by atoms with E-state index < -0.39 is 0 Å². The normalized spacial score (nSPS) is 11.8. The summed E-state index contributed by atoms with van der Waals surface area (Å²) in [7, 11) is 0. The van der Waals surface area contributed by atoms with Crippen molar-refractivity contribution in [1.29, 1.82) is 0 Å². The van der Waals surface area contributed by atoms with Gasteiger partial charge in [-0.1, -0.05) is 17.7 Å². The molecule has 0 spiro atoms. The van der Waals surface area contributed by atoms with Crippen LogP contribution in [0.1, 0.15) is 19.4 Å². The maximum absolute atomic E-state index is 13.4. The fraction of sp³-hybridized carbons (Fsp3) is 0.400. The van der Waals surface area contributed by atoms with E-state index in [9.17, 15) is 4.39 Å². The SMILES string of the molecule is CC(C)(Cc1ccc(Cl)cc1F)NN. The van der Waals surface area contributed by atoms with Crippen LogP contribution in [0.15, 0.2) is 18.2 Å². The Morgan fingerprint density at radius 3 is 2.64 bits per heavy atom. The van der Waals surface area contributed by atoms with Crippen LogP contribution in [0.4, 0.5) is 4.39 Å². The zero-order chi connectivity index (χ0) is 10.8. The molecule has 0 aliphatic rings. The van der Waals surface area contributed by atoms with Crippen LogP contribution in [-0.2, 0) is 6.42 Å². The van der Waals surface area contributed by atoms with Gasteiger partial charge in [0, 0.05) is 10.6 Å². The summed E-state index contributed by atoms with van der Waals surface area (Å²) in [6.45, 7) is 3.81. The molecule has 0 heterocycles. The Hall–Kier alpha value is -0.640. The number of rotatable bonds is 3. The molecule has 0 bridgehead atoms. The minimum absolute atomic E-state index is 0.291. The number of hydrazine groups is 1. The molecule has 4 heteroatoms. The standard InChI is InChI=1S/C10H14ClFN2/c1-10(2,14-13)6-7-3-4-8(11)5-9(7)12/h3-5,14H,6,13H2,1-2H3. The predicted molar refractivity (Wildman–Crippen MR) is 56.5 cm³/mol. The van der Waals surface area contributed by atoms with Crippen LogP contribution >= 0.6 is 11.6 Å². The molecule has 0 atom stereocenters. The third-order valence-corrected chi connectivity index (χ3v) is 2.27. The van der Waals surface area contributed by atoms with Crippen LogP contribution in [0.3, 0.4) is 0 Å². The van der Waals surface area contributed by atoms with E-state index in [-0.39, 0.29) is 11.4 Å². The number of hydrogen-bond donors (Lipinski definition) is 2. The van der Waals surface area contributed by atoms with Gasteiger partial charge in [0.05, 0.1) is 0 Å². The van der Waals surface area contributed by atoms with Crippen LogP contribution in [0.25, 0.3) is 0 Å². The first-order valence-electron chi connectivity index (χ1n) is 4.36. The van der Waals surface area contributed by atoms with E-state index in [1.165, 1.54) is 6.07 Å². The Bertz CT molecular complexity index is 326. The second-order valence-corrected chi connectivity index (χ2v) is 4.38. The first-order valence-corrected chi connectivity index (χ1v) is 4.74. The molecule has 0 aliphatic heterocycles. The molecule has 0 unspecified atom stereocenters.